The Balaban J connectivity index is 2.03. The van der Waals surface area contributed by atoms with E-state index < -0.39 is 40.2 Å². The number of sulfonamides is 1. The van der Waals surface area contributed by atoms with Gasteiger partial charge in [-0.15, -0.1) is 0 Å². The number of carbonyl (C=O) groups excluding carboxylic acids is 2. The maximum absolute atomic E-state index is 14.6. The number of amides is 2. The zero-order valence-electron chi connectivity index (χ0n) is 19.9. The number of nitrogens with one attached hydrogen (secondary N) is 1. The first-order valence-corrected chi connectivity index (χ1v) is 13.8. The summed E-state index contributed by atoms with van der Waals surface area (Å²) in [5, 5.41) is 2.58. The molecule has 0 aliphatic rings. The van der Waals surface area contributed by atoms with Crippen molar-refractivity contribution in [3.05, 3.63) is 100 Å². The second kappa shape index (κ2) is 12.1. The third-order valence-corrected chi connectivity index (χ3v) is 7.28. The van der Waals surface area contributed by atoms with Crippen LogP contribution in [0.3, 0.4) is 0 Å². The number of benzene rings is 3. The Morgan fingerprint density at radius 2 is 1.58 bits per heavy atom. The van der Waals surface area contributed by atoms with Crippen molar-refractivity contribution in [3.63, 3.8) is 0 Å². The van der Waals surface area contributed by atoms with Gasteiger partial charge in [-0.05, 0) is 35.9 Å². The molecule has 0 aromatic heterocycles. The zero-order chi connectivity index (χ0) is 26.3. The molecule has 1 N–H and O–H groups in total. The fourth-order valence-electron chi connectivity index (χ4n) is 3.75. The first-order chi connectivity index (χ1) is 17.1. The van der Waals surface area contributed by atoms with Crippen molar-refractivity contribution >= 4 is 43.5 Å². The average molecular weight is 576 g/mol. The Bertz CT molecular complexity index is 1300. The molecule has 7 nitrogen and oxygen atoms in total. The van der Waals surface area contributed by atoms with Crippen LogP contribution in [0.2, 0.25) is 0 Å². The van der Waals surface area contributed by atoms with Crippen molar-refractivity contribution in [2.45, 2.75) is 19.0 Å². The molecule has 0 saturated carbocycles. The predicted molar refractivity (Wildman–Crippen MR) is 141 cm³/mol. The number of hydrogen-bond acceptors (Lipinski definition) is 4. The van der Waals surface area contributed by atoms with Crippen molar-refractivity contribution in [1.29, 1.82) is 0 Å². The molecule has 10 heteroatoms. The van der Waals surface area contributed by atoms with Gasteiger partial charge in [-0.3, -0.25) is 13.9 Å². The second-order valence-corrected chi connectivity index (χ2v) is 11.0. The molecule has 0 aliphatic heterocycles. The third kappa shape index (κ3) is 7.14. The van der Waals surface area contributed by atoms with Crippen LogP contribution in [0.1, 0.15) is 11.1 Å². The van der Waals surface area contributed by atoms with Gasteiger partial charge in [0.1, 0.15) is 18.4 Å². The first kappa shape index (κ1) is 27.3. The van der Waals surface area contributed by atoms with Crippen molar-refractivity contribution in [1.82, 2.24) is 10.2 Å². The van der Waals surface area contributed by atoms with Crippen LogP contribution in [0.15, 0.2) is 83.3 Å². The summed E-state index contributed by atoms with van der Waals surface area (Å²) in [7, 11) is -2.40. The van der Waals surface area contributed by atoms with E-state index in [9.17, 15) is 22.4 Å². The summed E-state index contributed by atoms with van der Waals surface area (Å²) < 4.78 is 41.6. The summed E-state index contributed by atoms with van der Waals surface area (Å²) in [6.45, 7) is -0.772. The Hall–Kier alpha value is -3.24. The zero-order valence-corrected chi connectivity index (χ0v) is 22.3. The Kier molecular flexibility index (Phi) is 9.22. The smallest absolute Gasteiger partial charge is 0.244 e. The normalized spacial score (nSPS) is 12.0. The van der Waals surface area contributed by atoms with E-state index in [2.05, 4.69) is 21.2 Å². The van der Waals surface area contributed by atoms with E-state index in [0.717, 1.165) is 20.6 Å². The summed E-state index contributed by atoms with van der Waals surface area (Å²) >= 11 is 3.31. The maximum Gasteiger partial charge on any atom is 0.244 e. The molecule has 3 aromatic rings. The van der Waals surface area contributed by atoms with Gasteiger partial charge in [0, 0.05) is 30.0 Å². The molecule has 0 radical (unpaired) electrons. The molecule has 0 spiro atoms. The van der Waals surface area contributed by atoms with Crippen LogP contribution in [-0.4, -0.2) is 51.0 Å². The largest absolute Gasteiger partial charge is 0.357 e. The first-order valence-electron chi connectivity index (χ1n) is 11.1. The second-order valence-electron chi connectivity index (χ2n) is 8.18. The topological polar surface area (TPSA) is 86.8 Å². The molecular weight excluding hydrogens is 549 g/mol. The molecule has 2 amide bonds. The summed E-state index contributed by atoms with van der Waals surface area (Å²) in [5.74, 6) is -1.62. The molecule has 1 atom stereocenters. The Morgan fingerprint density at radius 3 is 2.17 bits per heavy atom. The van der Waals surface area contributed by atoms with Crippen molar-refractivity contribution < 1.29 is 22.4 Å². The molecule has 0 fully saturated rings. The maximum atomic E-state index is 14.6. The van der Waals surface area contributed by atoms with Gasteiger partial charge in [0.05, 0.1) is 11.9 Å². The fraction of sp³-hybridized carbons (Fsp3) is 0.231. The van der Waals surface area contributed by atoms with Gasteiger partial charge in [0.15, 0.2) is 0 Å². The summed E-state index contributed by atoms with van der Waals surface area (Å²) in [6, 6.07) is 20.6. The van der Waals surface area contributed by atoms with Crippen LogP contribution in [0.4, 0.5) is 10.1 Å². The molecule has 0 aliphatic carbocycles. The molecule has 0 heterocycles. The number of likely N-dealkylation sites (N-methyl/N-ethyl adjacent to an activating group) is 1. The molecule has 36 heavy (non-hydrogen) atoms. The predicted octanol–water partition coefficient (Wildman–Crippen LogP) is 3.74. The quantitative estimate of drug-likeness (QED) is 0.399. The van der Waals surface area contributed by atoms with Gasteiger partial charge >= 0.3 is 0 Å². The van der Waals surface area contributed by atoms with E-state index in [4.69, 9.17) is 0 Å². The minimum absolute atomic E-state index is 0.165. The summed E-state index contributed by atoms with van der Waals surface area (Å²) in [4.78, 5) is 27.9. The van der Waals surface area contributed by atoms with E-state index in [1.54, 1.807) is 30.3 Å². The summed E-state index contributed by atoms with van der Waals surface area (Å²) in [6.07, 6.45) is 1.17. The number of anilines is 1. The highest BCUT2D eigenvalue weighted by Crippen LogP contribution is 2.22. The Labute approximate surface area is 219 Å². The third-order valence-electron chi connectivity index (χ3n) is 5.61. The lowest BCUT2D eigenvalue weighted by atomic mass is 10.0. The highest BCUT2D eigenvalue weighted by molar-refractivity contribution is 9.10. The van der Waals surface area contributed by atoms with Crippen molar-refractivity contribution in [3.8, 4) is 0 Å². The molecule has 190 valence electrons. The van der Waals surface area contributed by atoms with Gasteiger partial charge in [-0.25, -0.2) is 12.8 Å². The van der Waals surface area contributed by atoms with Crippen LogP contribution >= 0.6 is 15.9 Å². The SMILES string of the molecule is CNC(=O)C(Cc1ccccc1)N(Cc1ccccc1F)C(=O)CN(c1ccc(Br)cc1)S(C)(=O)=O. The standard InChI is InChI=1S/C26H27BrFN3O4S/c1-29-26(33)24(16-19-8-4-3-5-9-19)30(17-20-10-6-7-11-23(20)28)25(32)18-31(36(2,34)35)22-14-12-21(27)13-15-22/h3-15,24H,16-18H2,1-2H3,(H,29,33). The highest BCUT2D eigenvalue weighted by atomic mass is 79.9. The summed E-state index contributed by atoms with van der Waals surface area (Å²) in [5.41, 5.74) is 1.30. The van der Waals surface area contributed by atoms with Crippen LogP contribution in [-0.2, 0) is 32.6 Å². The number of halogens is 2. The number of carbonyl (C=O) groups is 2. The minimum atomic E-state index is -3.85. The van der Waals surface area contributed by atoms with E-state index in [0.29, 0.717) is 5.69 Å². The molecule has 0 saturated heterocycles. The number of nitrogens with zero attached hydrogens (tertiary/aromatic N) is 2. The molecular formula is C26H27BrFN3O4S. The van der Waals surface area contributed by atoms with Crippen LogP contribution in [0.25, 0.3) is 0 Å². The van der Waals surface area contributed by atoms with Crippen LogP contribution < -0.4 is 9.62 Å². The van der Waals surface area contributed by atoms with Gasteiger partial charge in [0.25, 0.3) is 0 Å². The highest BCUT2D eigenvalue weighted by Gasteiger charge is 2.33. The van der Waals surface area contributed by atoms with E-state index in [1.165, 1.54) is 30.1 Å². The van der Waals surface area contributed by atoms with Gasteiger partial charge < -0.3 is 10.2 Å². The monoisotopic (exact) mass is 575 g/mol. The van der Waals surface area contributed by atoms with Crippen LogP contribution in [0.5, 0.6) is 0 Å². The molecule has 1 unspecified atom stereocenters. The average Bonchev–Trinajstić information content (AvgIpc) is 2.85. The van der Waals surface area contributed by atoms with E-state index >= 15 is 0 Å². The van der Waals surface area contributed by atoms with Gasteiger partial charge in [-0.1, -0.05) is 64.5 Å². The number of hydrogen-bond donors (Lipinski definition) is 1. The lowest BCUT2D eigenvalue weighted by Gasteiger charge is -2.33. The van der Waals surface area contributed by atoms with Crippen LogP contribution in [0, 0.1) is 5.82 Å². The molecule has 0 bridgehead atoms. The Morgan fingerprint density at radius 1 is 0.972 bits per heavy atom. The van der Waals surface area contributed by atoms with E-state index in [1.807, 2.05) is 30.3 Å². The molecule has 3 rings (SSSR count). The van der Waals surface area contributed by atoms with Gasteiger partial charge in [-0.2, -0.15) is 0 Å². The lowest BCUT2D eigenvalue weighted by molar-refractivity contribution is -0.139. The lowest BCUT2D eigenvalue weighted by Crippen LogP contribution is -2.53. The van der Waals surface area contributed by atoms with Crippen molar-refractivity contribution in [2.24, 2.45) is 0 Å². The minimum Gasteiger partial charge on any atom is -0.357 e. The van der Waals surface area contributed by atoms with E-state index in [-0.39, 0.29) is 18.5 Å². The van der Waals surface area contributed by atoms with Crippen molar-refractivity contribution in [2.75, 3.05) is 24.2 Å². The number of rotatable bonds is 10. The molecule has 3 aromatic carbocycles. The fourth-order valence-corrected chi connectivity index (χ4v) is 4.87. The van der Waals surface area contributed by atoms with Gasteiger partial charge in [0.2, 0.25) is 21.8 Å².